The Morgan fingerprint density at radius 3 is 2.25 bits per heavy atom. The molecule has 1 heteroatoms. The van der Waals surface area contributed by atoms with Crippen LogP contribution >= 0.6 is 0 Å². The van der Waals surface area contributed by atoms with Gasteiger partial charge in [-0.3, -0.25) is 0 Å². The molecular weight excluding hydrogens is 196 g/mol. The molecule has 0 bridgehead atoms. The fourth-order valence-electron chi connectivity index (χ4n) is 1.85. The summed E-state index contributed by atoms with van der Waals surface area (Å²) in [6.07, 6.45) is 8.96. The van der Waals surface area contributed by atoms with Crippen LogP contribution in [0.4, 0.5) is 0 Å². The van der Waals surface area contributed by atoms with Crippen molar-refractivity contribution in [3.8, 4) is 0 Å². The molecule has 0 unspecified atom stereocenters. The van der Waals surface area contributed by atoms with Crippen LogP contribution in [0.5, 0.6) is 0 Å². The summed E-state index contributed by atoms with van der Waals surface area (Å²) < 4.78 is 0. The number of aliphatic hydroxyl groups excluding tert-OH is 1. The van der Waals surface area contributed by atoms with E-state index in [0.717, 1.165) is 18.4 Å². The summed E-state index contributed by atoms with van der Waals surface area (Å²) in [6.45, 7) is 2.23. The molecule has 0 aliphatic heterocycles. The molecule has 0 heterocycles. The van der Waals surface area contributed by atoms with Gasteiger partial charge in [0.2, 0.25) is 0 Å². The molecule has 1 radical (unpaired) electrons. The van der Waals surface area contributed by atoms with Gasteiger partial charge in [0.1, 0.15) is 6.10 Å². The van der Waals surface area contributed by atoms with E-state index in [1.807, 2.05) is 30.3 Å². The highest BCUT2D eigenvalue weighted by Crippen LogP contribution is 2.18. The Balaban J connectivity index is 2.09. The SMILES string of the molecule is CCCCCCCC[C](O)c1ccccc1. The van der Waals surface area contributed by atoms with Crippen molar-refractivity contribution in [3.05, 3.63) is 42.0 Å². The third-order valence-electron chi connectivity index (χ3n) is 2.87. The van der Waals surface area contributed by atoms with Gasteiger partial charge in [-0.25, -0.2) is 0 Å². The summed E-state index contributed by atoms with van der Waals surface area (Å²) >= 11 is 0. The lowest BCUT2D eigenvalue weighted by molar-refractivity contribution is 0.306. The van der Waals surface area contributed by atoms with E-state index in [-0.39, 0.29) is 0 Å². The van der Waals surface area contributed by atoms with E-state index in [1.165, 1.54) is 32.1 Å². The van der Waals surface area contributed by atoms with Gasteiger partial charge in [-0.05, 0) is 12.0 Å². The summed E-state index contributed by atoms with van der Waals surface area (Å²) in [5, 5.41) is 9.84. The van der Waals surface area contributed by atoms with E-state index in [1.54, 1.807) is 0 Å². The van der Waals surface area contributed by atoms with Crippen molar-refractivity contribution in [1.82, 2.24) is 0 Å². The second-order valence-electron chi connectivity index (χ2n) is 4.33. The normalized spacial score (nSPS) is 10.9. The molecule has 1 nitrogen and oxygen atoms in total. The minimum Gasteiger partial charge on any atom is -0.382 e. The van der Waals surface area contributed by atoms with E-state index in [2.05, 4.69) is 6.92 Å². The van der Waals surface area contributed by atoms with E-state index in [4.69, 9.17) is 0 Å². The smallest absolute Gasteiger partial charge is 0.122 e. The van der Waals surface area contributed by atoms with Gasteiger partial charge in [-0.15, -0.1) is 0 Å². The number of rotatable bonds is 8. The van der Waals surface area contributed by atoms with Crippen LogP contribution in [0.15, 0.2) is 30.3 Å². The molecule has 0 fully saturated rings. The van der Waals surface area contributed by atoms with Gasteiger partial charge in [0.25, 0.3) is 0 Å². The van der Waals surface area contributed by atoms with Crippen molar-refractivity contribution < 1.29 is 5.11 Å². The standard InChI is InChI=1S/C15H23O/c1-2-3-4-5-6-10-13-15(16)14-11-8-7-9-12-14/h7-9,11-12,16H,2-6,10,13H2,1H3. The predicted octanol–water partition coefficient (Wildman–Crippen LogP) is 4.69. The third kappa shape index (κ3) is 5.32. The first-order chi connectivity index (χ1) is 7.84. The van der Waals surface area contributed by atoms with Crippen LogP contribution < -0.4 is 0 Å². The zero-order valence-electron chi connectivity index (χ0n) is 10.3. The maximum Gasteiger partial charge on any atom is 0.122 e. The lowest BCUT2D eigenvalue weighted by atomic mass is 10.0. The Labute approximate surface area is 99.5 Å². The first-order valence-electron chi connectivity index (χ1n) is 6.44. The number of aliphatic hydroxyl groups is 1. The molecule has 0 saturated carbocycles. The first kappa shape index (κ1) is 13.2. The van der Waals surface area contributed by atoms with Crippen molar-refractivity contribution in [3.63, 3.8) is 0 Å². The summed E-state index contributed by atoms with van der Waals surface area (Å²) in [4.78, 5) is 0. The molecule has 0 spiro atoms. The molecule has 16 heavy (non-hydrogen) atoms. The molecule has 0 aliphatic rings. The van der Waals surface area contributed by atoms with Crippen LogP contribution in [-0.4, -0.2) is 5.11 Å². The van der Waals surface area contributed by atoms with Crippen molar-refractivity contribution in [2.45, 2.75) is 51.9 Å². The molecule has 0 amide bonds. The fourth-order valence-corrected chi connectivity index (χ4v) is 1.85. The minimum absolute atomic E-state index is 0.538. The monoisotopic (exact) mass is 219 g/mol. The molecular formula is C15H23O. The molecule has 0 aliphatic carbocycles. The summed E-state index contributed by atoms with van der Waals surface area (Å²) in [7, 11) is 0. The summed E-state index contributed by atoms with van der Waals surface area (Å²) in [5.41, 5.74) is 0.969. The Bertz CT molecular complexity index is 255. The van der Waals surface area contributed by atoms with E-state index < -0.39 is 0 Å². The van der Waals surface area contributed by atoms with Crippen LogP contribution in [0.25, 0.3) is 0 Å². The highest BCUT2D eigenvalue weighted by Gasteiger charge is 2.06. The lowest BCUT2D eigenvalue weighted by Gasteiger charge is -2.09. The molecule has 0 saturated heterocycles. The van der Waals surface area contributed by atoms with Crippen LogP contribution in [0, 0.1) is 6.10 Å². The molecule has 0 aromatic heterocycles. The van der Waals surface area contributed by atoms with Gasteiger partial charge in [-0.1, -0.05) is 75.8 Å². The number of unbranched alkanes of at least 4 members (excludes halogenated alkanes) is 5. The van der Waals surface area contributed by atoms with Gasteiger partial charge in [-0.2, -0.15) is 0 Å². The van der Waals surface area contributed by atoms with Gasteiger partial charge in [0.15, 0.2) is 0 Å². The first-order valence-corrected chi connectivity index (χ1v) is 6.44. The number of hydrogen-bond donors (Lipinski definition) is 1. The predicted molar refractivity (Wildman–Crippen MR) is 68.7 cm³/mol. The average molecular weight is 219 g/mol. The molecule has 1 rings (SSSR count). The minimum atomic E-state index is 0.538. The van der Waals surface area contributed by atoms with Gasteiger partial charge in [0, 0.05) is 0 Å². The quantitative estimate of drug-likeness (QED) is 0.629. The van der Waals surface area contributed by atoms with Crippen molar-refractivity contribution in [2.75, 3.05) is 0 Å². The molecule has 0 atom stereocenters. The topological polar surface area (TPSA) is 20.2 Å². The largest absolute Gasteiger partial charge is 0.382 e. The van der Waals surface area contributed by atoms with E-state index >= 15 is 0 Å². The zero-order chi connectivity index (χ0) is 11.6. The van der Waals surface area contributed by atoms with Crippen LogP contribution in [0.2, 0.25) is 0 Å². The van der Waals surface area contributed by atoms with Crippen LogP contribution in [0.1, 0.15) is 57.4 Å². The second kappa shape index (κ2) is 8.35. The summed E-state index contributed by atoms with van der Waals surface area (Å²) in [5.74, 6) is 0. The number of benzene rings is 1. The highest BCUT2D eigenvalue weighted by atomic mass is 16.3. The van der Waals surface area contributed by atoms with Crippen molar-refractivity contribution in [1.29, 1.82) is 0 Å². The molecule has 1 aromatic carbocycles. The third-order valence-corrected chi connectivity index (χ3v) is 2.87. The second-order valence-corrected chi connectivity index (χ2v) is 4.33. The van der Waals surface area contributed by atoms with Gasteiger partial charge < -0.3 is 5.11 Å². The van der Waals surface area contributed by atoms with Gasteiger partial charge in [0.05, 0.1) is 0 Å². The van der Waals surface area contributed by atoms with Gasteiger partial charge >= 0.3 is 0 Å². The highest BCUT2D eigenvalue weighted by molar-refractivity contribution is 5.25. The van der Waals surface area contributed by atoms with Crippen molar-refractivity contribution in [2.24, 2.45) is 0 Å². The van der Waals surface area contributed by atoms with E-state index in [0.29, 0.717) is 6.10 Å². The Morgan fingerprint density at radius 1 is 0.938 bits per heavy atom. The van der Waals surface area contributed by atoms with E-state index in [9.17, 15) is 5.11 Å². The number of hydrogen-bond acceptors (Lipinski definition) is 1. The fraction of sp³-hybridized carbons (Fsp3) is 0.533. The maximum atomic E-state index is 9.84. The Morgan fingerprint density at radius 2 is 1.56 bits per heavy atom. The zero-order valence-corrected chi connectivity index (χ0v) is 10.3. The molecule has 89 valence electrons. The lowest BCUT2D eigenvalue weighted by Crippen LogP contribution is -1.97. The maximum absolute atomic E-state index is 9.84. The van der Waals surface area contributed by atoms with Crippen LogP contribution in [0.3, 0.4) is 0 Å². The molecule has 1 aromatic rings. The molecule has 1 N–H and O–H groups in total. The van der Waals surface area contributed by atoms with Crippen LogP contribution in [-0.2, 0) is 0 Å². The Kier molecular flexibility index (Phi) is 6.91. The van der Waals surface area contributed by atoms with Crippen molar-refractivity contribution >= 4 is 0 Å². The summed E-state index contributed by atoms with van der Waals surface area (Å²) in [6, 6.07) is 9.83. The average Bonchev–Trinajstić information content (AvgIpc) is 2.34. The Hall–Kier alpha value is -0.820.